The maximum atomic E-state index is 13.1. The average Bonchev–Trinajstić information content (AvgIpc) is 2.39. The molecule has 1 atom stereocenters. The highest BCUT2D eigenvalue weighted by Gasteiger charge is 2.08. The largest absolute Gasteiger partial charge is 0.489 e. The number of benzene rings is 2. The van der Waals surface area contributed by atoms with Crippen LogP contribution in [0.25, 0.3) is 0 Å². The third kappa shape index (κ3) is 4.55. The lowest BCUT2D eigenvalue weighted by atomic mass is 10.0. The standard InChI is InChI=1S/C17H19BrFNO/c1-11-3-6-17(14(7-11)8-12(2)20)21-10-13-4-5-15(19)9-16(13)18/h3-7,9,12H,8,10,20H2,1-2H3. The van der Waals surface area contributed by atoms with E-state index in [9.17, 15) is 4.39 Å². The van der Waals surface area contributed by atoms with Gasteiger partial charge in [0.15, 0.2) is 0 Å². The molecule has 0 aliphatic rings. The van der Waals surface area contributed by atoms with E-state index in [4.69, 9.17) is 10.5 Å². The van der Waals surface area contributed by atoms with Gasteiger partial charge >= 0.3 is 0 Å². The molecule has 2 aromatic rings. The Kier molecular flexibility index (Phi) is 5.37. The summed E-state index contributed by atoms with van der Waals surface area (Å²) in [6.45, 7) is 4.41. The summed E-state index contributed by atoms with van der Waals surface area (Å²) < 4.78 is 19.7. The molecule has 0 heterocycles. The Morgan fingerprint density at radius 3 is 2.62 bits per heavy atom. The number of aryl methyl sites for hydroxylation is 1. The summed E-state index contributed by atoms with van der Waals surface area (Å²) in [5.74, 6) is 0.563. The highest BCUT2D eigenvalue weighted by molar-refractivity contribution is 9.10. The molecule has 112 valence electrons. The molecule has 0 fully saturated rings. The van der Waals surface area contributed by atoms with Crippen LogP contribution in [0.3, 0.4) is 0 Å². The lowest BCUT2D eigenvalue weighted by Crippen LogP contribution is -2.18. The van der Waals surface area contributed by atoms with Crippen molar-refractivity contribution in [2.24, 2.45) is 5.73 Å². The minimum absolute atomic E-state index is 0.0757. The van der Waals surface area contributed by atoms with E-state index in [1.165, 1.54) is 17.7 Å². The first-order valence-corrected chi connectivity index (χ1v) is 7.67. The zero-order valence-electron chi connectivity index (χ0n) is 12.2. The third-order valence-corrected chi connectivity index (χ3v) is 3.89. The number of halogens is 2. The van der Waals surface area contributed by atoms with Crippen LogP contribution < -0.4 is 10.5 Å². The number of hydrogen-bond acceptors (Lipinski definition) is 2. The number of rotatable bonds is 5. The van der Waals surface area contributed by atoms with Crippen LogP contribution in [0.1, 0.15) is 23.6 Å². The van der Waals surface area contributed by atoms with Crippen molar-refractivity contribution >= 4 is 15.9 Å². The fourth-order valence-corrected chi connectivity index (χ4v) is 2.62. The minimum atomic E-state index is -0.265. The zero-order valence-corrected chi connectivity index (χ0v) is 13.8. The van der Waals surface area contributed by atoms with Crippen molar-refractivity contribution in [1.29, 1.82) is 0 Å². The summed E-state index contributed by atoms with van der Waals surface area (Å²) in [7, 11) is 0. The lowest BCUT2D eigenvalue weighted by molar-refractivity contribution is 0.301. The molecule has 0 amide bonds. The van der Waals surface area contributed by atoms with Gasteiger partial charge in [0, 0.05) is 16.1 Å². The van der Waals surface area contributed by atoms with E-state index in [2.05, 4.69) is 22.0 Å². The van der Waals surface area contributed by atoms with Crippen LogP contribution in [-0.4, -0.2) is 6.04 Å². The summed E-state index contributed by atoms with van der Waals surface area (Å²) in [4.78, 5) is 0. The van der Waals surface area contributed by atoms with Gasteiger partial charge in [0.2, 0.25) is 0 Å². The van der Waals surface area contributed by atoms with Crippen LogP contribution in [0.5, 0.6) is 5.75 Å². The zero-order chi connectivity index (χ0) is 15.4. The van der Waals surface area contributed by atoms with Crippen molar-refractivity contribution in [3.63, 3.8) is 0 Å². The monoisotopic (exact) mass is 351 g/mol. The Labute approximate surface area is 133 Å². The predicted molar refractivity (Wildman–Crippen MR) is 87.0 cm³/mol. The number of nitrogens with two attached hydrogens (primary N) is 1. The molecule has 0 aromatic heterocycles. The van der Waals surface area contributed by atoms with E-state index in [0.717, 1.165) is 23.3 Å². The Bertz CT molecular complexity index is 628. The van der Waals surface area contributed by atoms with E-state index in [1.54, 1.807) is 6.07 Å². The summed E-state index contributed by atoms with van der Waals surface area (Å²) in [6, 6.07) is 10.7. The van der Waals surface area contributed by atoms with E-state index in [0.29, 0.717) is 11.1 Å². The van der Waals surface area contributed by atoms with Gasteiger partial charge in [-0.15, -0.1) is 0 Å². The Morgan fingerprint density at radius 2 is 1.95 bits per heavy atom. The first kappa shape index (κ1) is 16.0. The molecule has 1 unspecified atom stereocenters. The van der Waals surface area contributed by atoms with Crippen molar-refractivity contribution in [3.05, 3.63) is 63.4 Å². The first-order chi connectivity index (χ1) is 9.95. The van der Waals surface area contributed by atoms with Crippen LogP contribution in [0.15, 0.2) is 40.9 Å². The van der Waals surface area contributed by atoms with Crippen LogP contribution in [0.4, 0.5) is 4.39 Å². The maximum absolute atomic E-state index is 13.1. The molecule has 0 bridgehead atoms. The van der Waals surface area contributed by atoms with Crippen molar-refractivity contribution in [2.45, 2.75) is 32.9 Å². The smallest absolute Gasteiger partial charge is 0.124 e. The molecule has 0 aliphatic carbocycles. The van der Waals surface area contributed by atoms with E-state index in [-0.39, 0.29) is 11.9 Å². The molecule has 2 rings (SSSR count). The normalized spacial score (nSPS) is 12.2. The van der Waals surface area contributed by atoms with Gasteiger partial charge in [-0.25, -0.2) is 4.39 Å². The SMILES string of the molecule is Cc1ccc(OCc2ccc(F)cc2Br)c(CC(C)N)c1. The minimum Gasteiger partial charge on any atom is -0.489 e. The Balaban J connectivity index is 2.15. The van der Waals surface area contributed by atoms with Gasteiger partial charge in [-0.3, -0.25) is 0 Å². The summed E-state index contributed by atoms with van der Waals surface area (Å²) in [5, 5.41) is 0. The van der Waals surface area contributed by atoms with Gasteiger partial charge in [0.05, 0.1) is 0 Å². The molecule has 0 saturated heterocycles. The van der Waals surface area contributed by atoms with Gasteiger partial charge in [0.1, 0.15) is 18.2 Å². The first-order valence-electron chi connectivity index (χ1n) is 6.87. The van der Waals surface area contributed by atoms with Crippen molar-refractivity contribution in [3.8, 4) is 5.75 Å². The molecule has 0 aliphatic heterocycles. The van der Waals surface area contributed by atoms with Gasteiger partial charge in [-0.1, -0.05) is 39.7 Å². The molecule has 21 heavy (non-hydrogen) atoms. The molecule has 4 heteroatoms. The molecule has 0 saturated carbocycles. The van der Waals surface area contributed by atoms with Crippen molar-refractivity contribution < 1.29 is 9.13 Å². The molecule has 2 nitrogen and oxygen atoms in total. The second-order valence-electron chi connectivity index (χ2n) is 5.32. The summed E-state index contributed by atoms with van der Waals surface area (Å²) in [6.07, 6.45) is 0.765. The summed E-state index contributed by atoms with van der Waals surface area (Å²) >= 11 is 3.35. The van der Waals surface area contributed by atoms with Crippen LogP contribution >= 0.6 is 15.9 Å². The van der Waals surface area contributed by atoms with Gasteiger partial charge in [-0.05, 0) is 44.0 Å². The molecule has 0 spiro atoms. The van der Waals surface area contributed by atoms with E-state index >= 15 is 0 Å². The fraction of sp³-hybridized carbons (Fsp3) is 0.294. The molecule has 2 N–H and O–H groups in total. The average molecular weight is 352 g/mol. The van der Waals surface area contributed by atoms with Gasteiger partial charge < -0.3 is 10.5 Å². The third-order valence-electron chi connectivity index (χ3n) is 3.16. The van der Waals surface area contributed by atoms with Crippen LogP contribution in [-0.2, 0) is 13.0 Å². The van der Waals surface area contributed by atoms with Crippen molar-refractivity contribution in [1.82, 2.24) is 0 Å². The van der Waals surface area contributed by atoms with E-state index < -0.39 is 0 Å². The fourth-order valence-electron chi connectivity index (χ4n) is 2.15. The highest BCUT2D eigenvalue weighted by Crippen LogP contribution is 2.24. The topological polar surface area (TPSA) is 35.2 Å². The highest BCUT2D eigenvalue weighted by atomic mass is 79.9. The Hall–Kier alpha value is -1.39. The predicted octanol–water partition coefficient (Wildman–Crippen LogP) is 4.37. The van der Waals surface area contributed by atoms with E-state index in [1.807, 2.05) is 26.0 Å². The second-order valence-corrected chi connectivity index (χ2v) is 6.17. The van der Waals surface area contributed by atoms with Crippen molar-refractivity contribution in [2.75, 3.05) is 0 Å². The quantitative estimate of drug-likeness (QED) is 0.868. The molecule has 0 radical (unpaired) electrons. The van der Waals surface area contributed by atoms with Gasteiger partial charge in [-0.2, -0.15) is 0 Å². The molecular formula is C17H19BrFNO. The maximum Gasteiger partial charge on any atom is 0.124 e. The summed E-state index contributed by atoms with van der Waals surface area (Å²) in [5.41, 5.74) is 9.07. The van der Waals surface area contributed by atoms with Gasteiger partial charge in [0.25, 0.3) is 0 Å². The molecule has 2 aromatic carbocycles. The van der Waals surface area contributed by atoms with Crippen LogP contribution in [0, 0.1) is 12.7 Å². The number of hydrogen-bond donors (Lipinski definition) is 1. The second kappa shape index (κ2) is 7.05. The Morgan fingerprint density at radius 1 is 1.19 bits per heavy atom. The van der Waals surface area contributed by atoms with Crippen LogP contribution in [0.2, 0.25) is 0 Å². The lowest BCUT2D eigenvalue weighted by Gasteiger charge is -2.14. The number of ether oxygens (including phenoxy) is 1. The molecular weight excluding hydrogens is 333 g/mol.